The summed E-state index contributed by atoms with van der Waals surface area (Å²) in [6.07, 6.45) is 0.381. The van der Waals surface area contributed by atoms with E-state index in [0.29, 0.717) is 19.5 Å². The zero-order valence-corrected chi connectivity index (χ0v) is 11.7. The number of hydrogen-bond acceptors (Lipinski definition) is 2. The van der Waals surface area contributed by atoms with E-state index in [1.54, 1.807) is 4.90 Å². The van der Waals surface area contributed by atoms with Crippen LogP contribution in [0.5, 0.6) is 0 Å². The van der Waals surface area contributed by atoms with Gasteiger partial charge in [0.05, 0.1) is 18.5 Å². The number of amides is 2. The van der Waals surface area contributed by atoms with E-state index in [1.807, 2.05) is 0 Å². The van der Waals surface area contributed by atoms with Gasteiger partial charge in [0.2, 0.25) is 0 Å². The minimum absolute atomic E-state index is 0.0329. The molecule has 1 fully saturated rings. The second kappa shape index (κ2) is 5.31. The molecule has 0 spiro atoms. The molecule has 1 aliphatic rings. The lowest BCUT2D eigenvalue weighted by Gasteiger charge is -2.16. The van der Waals surface area contributed by atoms with Gasteiger partial charge in [-0.1, -0.05) is 12.1 Å². The van der Waals surface area contributed by atoms with Crippen molar-refractivity contribution in [2.24, 2.45) is 0 Å². The molecule has 1 aromatic rings. The summed E-state index contributed by atoms with van der Waals surface area (Å²) in [5.74, 6) is 0. The van der Waals surface area contributed by atoms with E-state index in [2.05, 4.69) is 44.3 Å². The minimum Gasteiger partial charge on any atom is -0.329 e. The zero-order valence-electron chi connectivity index (χ0n) is 11.7. The predicted octanol–water partition coefficient (Wildman–Crippen LogP) is 2.59. The molecule has 2 amide bonds. The van der Waals surface area contributed by atoms with Gasteiger partial charge in [-0.2, -0.15) is 5.26 Å². The first-order valence-corrected chi connectivity index (χ1v) is 6.53. The first-order valence-electron chi connectivity index (χ1n) is 6.53. The molecule has 1 N–H and O–H groups in total. The summed E-state index contributed by atoms with van der Waals surface area (Å²) in [6.45, 7) is 7.40. The van der Waals surface area contributed by atoms with Crippen LogP contribution in [0.25, 0.3) is 0 Å². The van der Waals surface area contributed by atoms with E-state index in [-0.39, 0.29) is 12.1 Å². The number of benzene rings is 1. The van der Waals surface area contributed by atoms with E-state index >= 15 is 0 Å². The fourth-order valence-electron chi connectivity index (χ4n) is 2.50. The quantitative estimate of drug-likeness (QED) is 0.904. The minimum atomic E-state index is -0.0714. The van der Waals surface area contributed by atoms with Crippen molar-refractivity contribution in [3.05, 3.63) is 34.4 Å². The SMILES string of the molecule is Cc1cc(C)c(C2CN(CCC#N)C(=O)N2)cc1C. The molecule has 0 aliphatic carbocycles. The lowest BCUT2D eigenvalue weighted by Crippen LogP contribution is -2.28. The molecule has 19 heavy (non-hydrogen) atoms. The van der Waals surface area contributed by atoms with E-state index < -0.39 is 0 Å². The Morgan fingerprint density at radius 3 is 2.68 bits per heavy atom. The van der Waals surface area contributed by atoms with Gasteiger partial charge in [-0.05, 0) is 43.0 Å². The molecule has 1 aromatic carbocycles. The Hall–Kier alpha value is -2.02. The van der Waals surface area contributed by atoms with Gasteiger partial charge in [0.25, 0.3) is 0 Å². The molecule has 0 aromatic heterocycles. The highest BCUT2D eigenvalue weighted by Gasteiger charge is 2.30. The number of urea groups is 1. The third-order valence-electron chi connectivity index (χ3n) is 3.74. The zero-order chi connectivity index (χ0) is 14.0. The van der Waals surface area contributed by atoms with Crippen LogP contribution in [-0.4, -0.2) is 24.0 Å². The van der Waals surface area contributed by atoms with Gasteiger partial charge in [0.15, 0.2) is 0 Å². The maximum atomic E-state index is 11.8. The third-order valence-corrected chi connectivity index (χ3v) is 3.74. The van der Waals surface area contributed by atoms with Gasteiger partial charge in [-0.3, -0.25) is 0 Å². The predicted molar refractivity (Wildman–Crippen MR) is 73.7 cm³/mol. The summed E-state index contributed by atoms with van der Waals surface area (Å²) >= 11 is 0. The van der Waals surface area contributed by atoms with Crippen molar-refractivity contribution < 1.29 is 4.79 Å². The Bertz CT molecular complexity index is 545. The second-order valence-electron chi connectivity index (χ2n) is 5.15. The van der Waals surface area contributed by atoms with E-state index in [4.69, 9.17) is 5.26 Å². The highest BCUT2D eigenvalue weighted by molar-refractivity contribution is 5.77. The maximum Gasteiger partial charge on any atom is 0.318 e. The van der Waals surface area contributed by atoms with Gasteiger partial charge in [0.1, 0.15) is 0 Å². The molecule has 100 valence electrons. The molecule has 2 rings (SSSR count). The highest BCUT2D eigenvalue weighted by Crippen LogP contribution is 2.26. The van der Waals surface area contributed by atoms with Crippen LogP contribution in [0.4, 0.5) is 4.79 Å². The molecule has 1 saturated heterocycles. The van der Waals surface area contributed by atoms with E-state index in [1.165, 1.54) is 22.3 Å². The number of hydrogen-bond donors (Lipinski definition) is 1. The molecular formula is C15H19N3O. The van der Waals surface area contributed by atoms with Crippen molar-refractivity contribution in [1.82, 2.24) is 10.2 Å². The summed E-state index contributed by atoms with van der Waals surface area (Å²) in [5.41, 5.74) is 4.89. The van der Waals surface area contributed by atoms with Gasteiger partial charge in [-0.25, -0.2) is 4.79 Å². The van der Waals surface area contributed by atoms with Crippen LogP contribution in [0, 0.1) is 32.1 Å². The largest absolute Gasteiger partial charge is 0.329 e. The molecule has 1 heterocycles. The first-order chi connectivity index (χ1) is 9.02. The Morgan fingerprint density at radius 2 is 2.00 bits per heavy atom. The molecule has 0 saturated carbocycles. The topological polar surface area (TPSA) is 56.1 Å². The van der Waals surface area contributed by atoms with Gasteiger partial charge >= 0.3 is 6.03 Å². The Morgan fingerprint density at radius 1 is 1.32 bits per heavy atom. The number of nitriles is 1. The monoisotopic (exact) mass is 257 g/mol. The Balaban J connectivity index is 2.19. The van der Waals surface area contributed by atoms with Crippen LogP contribution in [0.2, 0.25) is 0 Å². The molecule has 0 radical (unpaired) electrons. The number of rotatable bonds is 3. The van der Waals surface area contributed by atoms with Crippen LogP contribution >= 0.6 is 0 Å². The molecule has 0 bridgehead atoms. The summed E-state index contributed by atoms with van der Waals surface area (Å²) in [5, 5.41) is 11.6. The lowest BCUT2D eigenvalue weighted by molar-refractivity contribution is 0.218. The fourth-order valence-corrected chi connectivity index (χ4v) is 2.50. The average molecular weight is 257 g/mol. The summed E-state index contributed by atoms with van der Waals surface area (Å²) in [7, 11) is 0. The number of nitrogens with one attached hydrogen (secondary N) is 1. The summed E-state index contributed by atoms with van der Waals surface area (Å²) in [6, 6.07) is 6.36. The summed E-state index contributed by atoms with van der Waals surface area (Å²) in [4.78, 5) is 13.5. The number of carbonyl (C=O) groups is 1. The third kappa shape index (κ3) is 2.70. The van der Waals surface area contributed by atoms with Crippen LogP contribution < -0.4 is 5.32 Å². The van der Waals surface area contributed by atoms with Crippen molar-refractivity contribution in [2.45, 2.75) is 33.2 Å². The van der Waals surface area contributed by atoms with Crippen molar-refractivity contribution in [1.29, 1.82) is 5.26 Å². The lowest BCUT2D eigenvalue weighted by atomic mass is 9.96. The normalized spacial score (nSPS) is 18.3. The molecular weight excluding hydrogens is 238 g/mol. The number of carbonyl (C=O) groups excluding carboxylic acids is 1. The van der Waals surface area contributed by atoms with Crippen molar-refractivity contribution in [3.63, 3.8) is 0 Å². The van der Waals surface area contributed by atoms with E-state index in [0.717, 1.165) is 0 Å². The van der Waals surface area contributed by atoms with Crippen molar-refractivity contribution >= 4 is 6.03 Å². The van der Waals surface area contributed by atoms with Crippen LogP contribution in [0.3, 0.4) is 0 Å². The smallest absolute Gasteiger partial charge is 0.318 e. The summed E-state index contributed by atoms with van der Waals surface area (Å²) < 4.78 is 0. The van der Waals surface area contributed by atoms with Gasteiger partial charge < -0.3 is 10.2 Å². The second-order valence-corrected chi connectivity index (χ2v) is 5.15. The van der Waals surface area contributed by atoms with Crippen LogP contribution in [0.1, 0.15) is 34.7 Å². The molecule has 4 heteroatoms. The van der Waals surface area contributed by atoms with Crippen molar-refractivity contribution in [3.8, 4) is 6.07 Å². The Labute approximate surface area is 114 Å². The van der Waals surface area contributed by atoms with Gasteiger partial charge in [-0.15, -0.1) is 0 Å². The van der Waals surface area contributed by atoms with E-state index in [9.17, 15) is 4.79 Å². The molecule has 1 atom stereocenters. The number of aryl methyl sites for hydroxylation is 3. The standard InChI is InChI=1S/C15H19N3O/c1-10-7-12(3)13(8-11(10)2)14-9-18(6-4-5-16)15(19)17-14/h7-8,14H,4,6,9H2,1-3H3,(H,17,19). The van der Waals surface area contributed by atoms with Crippen LogP contribution in [-0.2, 0) is 0 Å². The van der Waals surface area contributed by atoms with Gasteiger partial charge in [0, 0.05) is 13.1 Å². The molecule has 1 unspecified atom stereocenters. The highest BCUT2D eigenvalue weighted by atomic mass is 16.2. The first kappa shape index (κ1) is 13.4. The molecule has 1 aliphatic heterocycles. The number of nitrogens with zero attached hydrogens (tertiary/aromatic N) is 2. The van der Waals surface area contributed by atoms with Crippen molar-refractivity contribution in [2.75, 3.05) is 13.1 Å². The molecule has 4 nitrogen and oxygen atoms in total. The van der Waals surface area contributed by atoms with Crippen LogP contribution in [0.15, 0.2) is 12.1 Å². The Kier molecular flexibility index (Phi) is 3.75. The fraction of sp³-hybridized carbons (Fsp3) is 0.467. The average Bonchev–Trinajstić information content (AvgIpc) is 2.72. The maximum absolute atomic E-state index is 11.8.